The summed E-state index contributed by atoms with van der Waals surface area (Å²) in [4.78, 5) is 21.8. The van der Waals surface area contributed by atoms with Gasteiger partial charge in [-0.25, -0.2) is 0 Å². The van der Waals surface area contributed by atoms with E-state index in [2.05, 4.69) is 4.74 Å². The molecule has 0 bridgehead atoms. The largest absolute Gasteiger partial charge is 0.388 e. The van der Waals surface area contributed by atoms with Crippen molar-refractivity contribution in [1.82, 2.24) is 4.57 Å². The van der Waals surface area contributed by atoms with E-state index >= 15 is 0 Å². The number of aldehydes is 1. The van der Waals surface area contributed by atoms with Crippen LogP contribution in [0.2, 0.25) is 0 Å². The summed E-state index contributed by atoms with van der Waals surface area (Å²) in [5.41, 5.74) is 0.650. The highest BCUT2D eigenvalue weighted by molar-refractivity contribution is 8.14. The fourth-order valence-corrected chi connectivity index (χ4v) is 1.87. The SMILES string of the molecule is COC.CS(C)=CC(=O)CCn1ccc(C=O)c1. The number of carbonyl (C=O) groups is 2. The fourth-order valence-electron chi connectivity index (χ4n) is 1.23. The summed E-state index contributed by atoms with van der Waals surface area (Å²) in [6, 6.07) is 1.74. The van der Waals surface area contributed by atoms with Crippen LogP contribution in [0.4, 0.5) is 0 Å². The summed E-state index contributed by atoms with van der Waals surface area (Å²) in [6.07, 6.45) is 8.89. The lowest BCUT2D eigenvalue weighted by molar-refractivity contribution is -0.112. The molecule has 0 aliphatic carbocycles. The molecular weight excluding hydrogens is 250 g/mol. The van der Waals surface area contributed by atoms with E-state index in [0.717, 1.165) is 6.29 Å². The molecule has 0 unspecified atom stereocenters. The lowest BCUT2D eigenvalue weighted by Crippen LogP contribution is -2.05. The molecule has 0 aromatic carbocycles. The Labute approximate surface area is 111 Å². The van der Waals surface area contributed by atoms with Crippen molar-refractivity contribution in [3.8, 4) is 0 Å². The highest BCUT2D eigenvalue weighted by atomic mass is 32.2. The lowest BCUT2D eigenvalue weighted by atomic mass is 10.3. The molecule has 4 nitrogen and oxygen atoms in total. The number of aryl methyl sites for hydroxylation is 1. The van der Waals surface area contributed by atoms with E-state index in [1.54, 1.807) is 31.9 Å². The van der Waals surface area contributed by atoms with Crippen LogP contribution in [0.3, 0.4) is 0 Å². The molecular formula is C13H21NO3S. The zero-order chi connectivity index (χ0) is 14.0. The van der Waals surface area contributed by atoms with Crippen LogP contribution in [-0.4, -0.2) is 48.7 Å². The molecule has 0 aliphatic rings. The van der Waals surface area contributed by atoms with Crippen LogP contribution in [0.15, 0.2) is 18.5 Å². The van der Waals surface area contributed by atoms with E-state index < -0.39 is 0 Å². The molecule has 0 spiro atoms. The van der Waals surface area contributed by atoms with Gasteiger partial charge in [0.25, 0.3) is 0 Å². The van der Waals surface area contributed by atoms with Crippen LogP contribution in [0.1, 0.15) is 16.8 Å². The average molecular weight is 271 g/mol. The Morgan fingerprint density at radius 2 is 2.06 bits per heavy atom. The second-order valence-electron chi connectivity index (χ2n) is 3.92. The molecule has 0 atom stereocenters. The topological polar surface area (TPSA) is 48.3 Å². The van der Waals surface area contributed by atoms with E-state index in [1.807, 2.05) is 23.3 Å². The molecule has 0 amide bonds. The van der Waals surface area contributed by atoms with Gasteiger partial charge in [-0.3, -0.25) is 9.59 Å². The van der Waals surface area contributed by atoms with Crippen LogP contribution in [0, 0.1) is 0 Å². The van der Waals surface area contributed by atoms with Crippen molar-refractivity contribution in [2.45, 2.75) is 13.0 Å². The van der Waals surface area contributed by atoms with Crippen LogP contribution in [-0.2, 0) is 16.1 Å². The van der Waals surface area contributed by atoms with Crippen LogP contribution >= 0.6 is 10.5 Å². The van der Waals surface area contributed by atoms with E-state index in [4.69, 9.17) is 0 Å². The number of Topliss-reactive ketones (excluding diaryl/α,β-unsaturated/α-hetero) is 1. The van der Waals surface area contributed by atoms with Crippen molar-refractivity contribution in [1.29, 1.82) is 0 Å². The Balaban J connectivity index is 0.000000873. The molecule has 1 rings (SSSR count). The minimum absolute atomic E-state index is 0.0601. The summed E-state index contributed by atoms with van der Waals surface area (Å²) < 4.78 is 6.11. The van der Waals surface area contributed by atoms with Gasteiger partial charge in [0.05, 0.1) is 0 Å². The van der Waals surface area contributed by atoms with Gasteiger partial charge in [-0.05, 0) is 18.6 Å². The molecule has 18 heavy (non-hydrogen) atoms. The number of carbonyl (C=O) groups excluding carboxylic acids is 2. The molecule has 0 aliphatic heterocycles. The number of rotatable bonds is 5. The van der Waals surface area contributed by atoms with Gasteiger partial charge in [-0.2, -0.15) is 10.5 Å². The Kier molecular flexibility index (Phi) is 9.14. The quantitative estimate of drug-likeness (QED) is 0.606. The normalized spacial score (nSPS) is 9.61. The minimum Gasteiger partial charge on any atom is -0.388 e. The number of hydrogen-bond acceptors (Lipinski definition) is 3. The first-order valence-corrected chi connectivity index (χ1v) is 7.59. The maximum Gasteiger partial charge on any atom is 0.162 e. The van der Waals surface area contributed by atoms with Gasteiger partial charge in [0.1, 0.15) is 0 Å². The summed E-state index contributed by atoms with van der Waals surface area (Å²) >= 11 is 0. The van der Waals surface area contributed by atoms with Crippen molar-refractivity contribution in [2.75, 3.05) is 26.7 Å². The summed E-state index contributed by atoms with van der Waals surface area (Å²) in [7, 11) is 3.31. The van der Waals surface area contributed by atoms with Gasteiger partial charge in [-0.15, -0.1) is 0 Å². The summed E-state index contributed by atoms with van der Waals surface area (Å²) in [5, 5.41) is 1.75. The van der Waals surface area contributed by atoms with Gasteiger partial charge >= 0.3 is 0 Å². The van der Waals surface area contributed by atoms with Crippen molar-refractivity contribution < 1.29 is 14.3 Å². The van der Waals surface area contributed by atoms with Crippen LogP contribution < -0.4 is 0 Å². The summed E-state index contributed by atoms with van der Waals surface area (Å²) in [5.74, 6) is 0.171. The summed E-state index contributed by atoms with van der Waals surface area (Å²) in [6.45, 7) is 0.639. The molecule has 1 heterocycles. The lowest BCUT2D eigenvalue weighted by Gasteiger charge is -1.99. The second kappa shape index (κ2) is 9.79. The van der Waals surface area contributed by atoms with Gasteiger partial charge in [-0.1, -0.05) is 0 Å². The van der Waals surface area contributed by atoms with Crippen LogP contribution in [0.5, 0.6) is 0 Å². The minimum atomic E-state index is 0.0601. The molecule has 5 heteroatoms. The molecule has 1 aromatic rings. The second-order valence-corrected chi connectivity index (χ2v) is 5.92. The van der Waals surface area contributed by atoms with Gasteiger partial charge in [0.15, 0.2) is 12.1 Å². The highest BCUT2D eigenvalue weighted by Gasteiger charge is 1.99. The van der Waals surface area contributed by atoms with Gasteiger partial charge in [0.2, 0.25) is 0 Å². The molecule has 102 valence electrons. The Bertz CT molecular complexity index is 406. The number of ketones is 1. The van der Waals surface area contributed by atoms with Crippen molar-refractivity contribution in [2.24, 2.45) is 0 Å². The number of hydrogen-bond donors (Lipinski definition) is 0. The maximum atomic E-state index is 11.4. The van der Waals surface area contributed by atoms with E-state index in [-0.39, 0.29) is 16.3 Å². The monoisotopic (exact) mass is 271 g/mol. The Morgan fingerprint density at radius 3 is 2.50 bits per heavy atom. The smallest absolute Gasteiger partial charge is 0.162 e. The molecule has 0 N–H and O–H groups in total. The van der Waals surface area contributed by atoms with E-state index in [0.29, 0.717) is 18.5 Å². The molecule has 1 aromatic heterocycles. The standard InChI is InChI=1S/C11H15NO2S.C2H6O/c1-15(2)9-11(14)4-6-12-5-3-10(7-12)8-13;1-3-2/h3,5,7-9H,4,6H2,1-2H3;1-2H3. The van der Waals surface area contributed by atoms with Crippen LogP contribution in [0.25, 0.3) is 0 Å². The Morgan fingerprint density at radius 1 is 1.44 bits per heavy atom. The molecule has 0 fully saturated rings. The van der Waals surface area contributed by atoms with Crippen molar-refractivity contribution >= 4 is 27.9 Å². The van der Waals surface area contributed by atoms with Crippen molar-refractivity contribution in [3.05, 3.63) is 24.0 Å². The fraction of sp³-hybridized carbons (Fsp3) is 0.462. The third-order valence-corrected chi connectivity index (χ3v) is 2.63. The highest BCUT2D eigenvalue weighted by Crippen LogP contribution is 2.01. The number of ether oxygens (including phenoxy) is 1. The van der Waals surface area contributed by atoms with E-state index in [9.17, 15) is 9.59 Å². The average Bonchev–Trinajstić information content (AvgIpc) is 2.74. The predicted molar refractivity (Wildman–Crippen MR) is 77.9 cm³/mol. The van der Waals surface area contributed by atoms with Crippen molar-refractivity contribution in [3.63, 3.8) is 0 Å². The predicted octanol–water partition coefficient (Wildman–Crippen LogP) is 1.85. The van der Waals surface area contributed by atoms with E-state index in [1.165, 1.54) is 0 Å². The number of nitrogens with zero attached hydrogens (tertiary/aromatic N) is 1. The first-order valence-electron chi connectivity index (χ1n) is 5.48. The first-order chi connectivity index (χ1) is 8.53. The number of methoxy groups -OCH3 is 1. The third-order valence-electron chi connectivity index (χ3n) is 1.89. The molecule has 0 saturated carbocycles. The Hall–Kier alpha value is -1.20. The maximum absolute atomic E-state index is 11.4. The number of aromatic nitrogens is 1. The molecule has 0 saturated heterocycles. The third kappa shape index (κ3) is 7.97. The first kappa shape index (κ1) is 16.8. The zero-order valence-corrected chi connectivity index (χ0v) is 12.2. The zero-order valence-electron chi connectivity index (χ0n) is 11.4. The van der Waals surface area contributed by atoms with Gasteiger partial charge < -0.3 is 9.30 Å². The van der Waals surface area contributed by atoms with Gasteiger partial charge in [0, 0.05) is 50.5 Å². The molecule has 0 radical (unpaired) electrons.